The Bertz CT molecular complexity index is 384. The summed E-state index contributed by atoms with van der Waals surface area (Å²) in [4.78, 5) is 11.6. The number of hydrogen-bond donors (Lipinski definition) is 1. The highest BCUT2D eigenvalue weighted by molar-refractivity contribution is 5.72. The molecule has 118 valence electrons. The molecule has 0 saturated carbocycles. The third kappa shape index (κ3) is 9.11. The number of carbonyl (C=O) groups excluding carboxylic acids is 1. The molecule has 1 aromatic rings. The smallest absolute Gasteiger partial charge is 0.310 e. The van der Waals surface area contributed by atoms with Gasteiger partial charge in [-0.25, -0.2) is 0 Å². The highest BCUT2D eigenvalue weighted by Crippen LogP contribution is 2.11. The van der Waals surface area contributed by atoms with Gasteiger partial charge in [-0.1, -0.05) is 64.0 Å². The molecule has 0 aliphatic carbocycles. The van der Waals surface area contributed by atoms with Crippen molar-refractivity contribution in [2.75, 3.05) is 6.61 Å². The van der Waals surface area contributed by atoms with Crippen LogP contribution in [0.3, 0.4) is 0 Å². The molecule has 0 aliphatic rings. The first-order valence-corrected chi connectivity index (χ1v) is 8.16. The number of phenolic OH excluding ortho intramolecular Hbond substituents is 1. The molecule has 1 N–H and O–H groups in total. The van der Waals surface area contributed by atoms with Crippen LogP contribution in [-0.4, -0.2) is 17.7 Å². The summed E-state index contributed by atoms with van der Waals surface area (Å²) in [6.45, 7) is 2.75. The molecule has 0 fully saturated rings. The fourth-order valence-corrected chi connectivity index (χ4v) is 2.25. The maximum absolute atomic E-state index is 11.6. The van der Waals surface area contributed by atoms with Gasteiger partial charge in [-0.05, 0) is 24.1 Å². The quantitative estimate of drug-likeness (QED) is 0.478. The third-order valence-corrected chi connectivity index (χ3v) is 3.55. The second kappa shape index (κ2) is 11.2. The van der Waals surface area contributed by atoms with Gasteiger partial charge in [-0.15, -0.1) is 0 Å². The molecule has 3 heteroatoms. The minimum atomic E-state index is -0.191. The highest BCUT2D eigenvalue weighted by atomic mass is 16.5. The number of carbonyl (C=O) groups is 1. The van der Waals surface area contributed by atoms with Gasteiger partial charge in [0, 0.05) is 0 Å². The van der Waals surface area contributed by atoms with Crippen LogP contribution in [-0.2, 0) is 16.0 Å². The van der Waals surface area contributed by atoms with Crippen molar-refractivity contribution < 1.29 is 14.6 Å². The lowest BCUT2D eigenvalue weighted by Crippen LogP contribution is -2.09. The standard InChI is InChI=1S/C18H28O3/c1-2-3-4-5-6-7-8-9-14-21-18(20)15-16-10-12-17(19)13-11-16/h10-13,19H,2-9,14-15H2,1H3. The van der Waals surface area contributed by atoms with E-state index >= 15 is 0 Å². The normalized spacial score (nSPS) is 10.5. The molecule has 0 radical (unpaired) electrons. The zero-order chi connectivity index (χ0) is 15.3. The maximum Gasteiger partial charge on any atom is 0.310 e. The third-order valence-electron chi connectivity index (χ3n) is 3.55. The van der Waals surface area contributed by atoms with Crippen molar-refractivity contribution in [3.05, 3.63) is 29.8 Å². The van der Waals surface area contributed by atoms with Crippen LogP contribution in [0.15, 0.2) is 24.3 Å². The Morgan fingerprint density at radius 2 is 1.52 bits per heavy atom. The molecular weight excluding hydrogens is 264 g/mol. The summed E-state index contributed by atoms with van der Waals surface area (Å²) in [5.74, 6) is 0.0229. The minimum absolute atomic E-state index is 0.191. The van der Waals surface area contributed by atoms with Crippen molar-refractivity contribution >= 4 is 5.97 Å². The van der Waals surface area contributed by atoms with E-state index in [9.17, 15) is 4.79 Å². The van der Waals surface area contributed by atoms with Crippen molar-refractivity contribution in [1.82, 2.24) is 0 Å². The Kier molecular flexibility index (Phi) is 9.34. The average molecular weight is 292 g/mol. The van der Waals surface area contributed by atoms with Crippen molar-refractivity contribution in [2.24, 2.45) is 0 Å². The molecule has 1 rings (SSSR count). The van der Waals surface area contributed by atoms with E-state index in [-0.39, 0.29) is 18.1 Å². The number of esters is 1. The average Bonchev–Trinajstić information content (AvgIpc) is 2.48. The molecule has 0 bridgehead atoms. The second-order valence-corrected chi connectivity index (χ2v) is 5.54. The first kappa shape index (κ1) is 17.5. The summed E-state index contributed by atoms with van der Waals surface area (Å²) in [6, 6.07) is 6.65. The van der Waals surface area contributed by atoms with E-state index in [2.05, 4.69) is 6.92 Å². The molecule has 0 spiro atoms. The lowest BCUT2D eigenvalue weighted by molar-refractivity contribution is -0.142. The Morgan fingerprint density at radius 3 is 2.14 bits per heavy atom. The Labute approximate surface area is 128 Å². The molecular formula is C18H28O3. The van der Waals surface area contributed by atoms with Gasteiger partial charge in [0.15, 0.2) is 0 Å². The fourth-order valence-electron chi connectivity index (χ4n) is 2.25. The molecule has 0 aliphatic heterocycles. The zero-order valence-electron chi connectivity index (χ0n) is 13.1. The predicted octanol–water partition coefficient (Wildman–Crippen LogP) is 4.62. The fraction of sp³-hybridized carbons (Fsp3) is 0.611. The van der Waals surface area contributed by atoms with Crippen LogP contribution in [0.1, 0.15) is 63.9 Å². The molecule has 0 atom stereocenters. The van der Waals surface area contributed by atoms with Gasteiger partial charge in [-0.3, -0.25) is 4.79 Å². The van der Waals surface area contributed by atoms with E-state index in [0.29, 0.717) is 6.61 Å². The largest absolute Gasteiger partial charge is 0.508 e. The molecule has 0 aromatic heterocycles. The van der Waals surface area contributed by atoms with Gasteiger partial charge in [0.2, 0.25) is 0 Å². The summed E-state index contributed by atoms with van der Waals surface area (Å²) in [6.07, 6.45) is 10.2. The SMILES string of the molecule is CCCCCCCCCCOC(=O)Cc1ccc(O)cc1. The lowest BCUT2D eigenvalue weighted by Gasteiger charge is -2.05. The van der Waals surface area contributed by atoms with Crippen LogP contribution in [0, 0.1) is 0 Å². The molecule has 0 amide bonds. The van der Waals surface area contributed by atoms with Crippen LogP contribution in [0.25, 0.3) is 0 Å². The molecule has 0 heterocycles. The van der Waals surface area contributed by atoms with Crippen LogP contribution in [0.5, 0.6) is 5.75 Å². The molecule has 1 aromatic carbocycles. The summed E-state index contributed by atoms with van der Waals surface area (Å²) in [5.41, 5.74) is 0.869. The van der Waals surface area contributed by atoms with E-state index < -0.39 is 0 Å². The van der Waals surface area contributed by atoms with Gasteiger partial charge in [0.05, 0.1) is 13.0 Å². The van der Waals surface area contributed by atoms with E-state index in [0.717, 1.165) is 18.4 Å². The maximum atomic E-state index is 11.6. The Hall–Kier alpha value is -1.51. The molecule has 21 heavy (non-hydrogen) atoms. The summed E-state index contributed by atoms with van der Waals surface area (Å²) in [7, 11) is 0. The monoisotopic (exact) mass is 292 g/mol. The van der Waals surface area contributed by atoms with Crippen molar-refractivity contribution in [3.8, 4) is 5.75 Å². The van der Waals surface area contributed by atoms with Crippen LogP contribution in [0.4, 0.5) is 0 Å². The number of phenols is 1. The number of aromatic hydroxyl groups is 1. The molecule has 0 saturated heterocycles. The van der Waals surface area contributed by atoms with Gasteiger partial charge in [0.25, 0.3) is 0 Å². The number of benzene rings is 1. The number of hydrogen-bond acceptors (Lipinski definition) is 3. The first-order valence-electron chi connectivity index (χ1n) is 8.16. The van der Waals surface area contributed by atoms with E-state index in [4.69, 9.17) is 9.84 Å². The summed E-state index contributed by atoms with van der Waals surface area (Å²) >= 11 is 0. The van der Waals surface area contributed by atoms with E-state index in [1.54, 1.807) is 24.3 Å². The molecule has 0 unspecified atom stereocenters. The Balaban J connectivity index is 1.97. The topological polar surface area (TPSA) is 46.5 Å². The zero-order valence-corrected chi connectivity index (χ0v) is 13.1. The van der Waals surface area contributed by atoms with Gasteiger partial charge < -0.3 is 9.84 Å². The van der Waals surface area contributed by atoms with Crippen LogP contribution < -0.4 is 0 Å². The summed E-state index contributed by atoms with van der Waals surface area (Å²) < 4.78 is 5.22. The second-order valence-electron chi connectivity index (χ2n) is 5.54. The van der Waals surface area contributed by atoms with Crippen molar-refractivity contribution in [1.29, 1.82) is 0 Å². The van der Waals surface area contributed by atoms with Gasteiger partial charge in [-0.2, -0.15) is 0 Å². The minimum Gasteiger partial charge on any atom is -0.508 e. The van der Waals surface area contributed by atoms with Crippen LogP contribution in [0.2, 0.25) is 0 Å². The first-order chi connectivity index (χ1) is 10.2. The summed E-state index contributed by atoms with van der Waals surface area (Å²) in [5, 5.41) is 9.17. The van der Waals surface area contributed by atoms with Crippen molar-refractivity contribution in [3.63, 3.8) is 0 Å². The van der Waals surface area contributed by atoms with E-state index in [1.807, 2.05) is 0 Å². The molecule has 3 nitrogen and oxygen atoms in total. The number of ether oxygens (including phenoxy) is 1. The van der Waals surface area contributed by atoms with Gasteiger partial charge >= 0.3 is 5.97 Å². The number of unbranched alkanes of at least 4 members (excludes halogenated alkanes) is 7. The van der Waals surface area contributed by atoms with E-state index in [1.165, 1.54) is 38.5 Å². The highest BCUT2D eigenvalue weighted by Gasteiger charge is 2.04. The predicted molar refractivity (Wildman–Crippen MR) is 85.4 cm³/mol. The number of rotatable bonds is 11. The van der Waals surface area contributed by atoms with Gasteiger partial charge in [0.1, 0.15) is 5.75 Å². The Morgan fingerprint density at radius 1 is 0.952 bits per heavy atom. The van der Waals surface area contributed by atoms with Crippen molar-refractivity contribution in [2.45, 2.75) is 64.7 Å². The lowest BCUT2D eigenvalue weighted by atomic mass is 10.1. The van der Waals surface area contributed by atoms with Crippen LogP contribution >= 0.6 is 0 Å².